The highest BCUT2D eigenvalue weighted by Crippen LogP contribution is 2.38. The maximum absolute atomic E-state index is 12.7. The molecule has 160 valence electrons. The fourth-order valence-corrected chi connectivity index (χ4v) is 5.15. The van der Waals surface area contributed by atoms with Crippen LogP contribution >= 0.6 is 0 Å². The molecule has 1 amide bonds. The Morgan fingerprint density at radius 3 is 2.40 bits per heavy atom. The van der Waals surface area contributed by atoms with Crippen LogP contribution in [0.1, 0.15) is 54.1 Å². The van der Waals surface area contributed by atoms with Gasteiger partial charge in [0.05, 0.1) is 17.1 Å². The predicted molar refractivity (Wildman–Crippen MR) is 112 cm³/mol. The van der Waals surface area contributed by atoms with Gasteiger partial charge in [-0.3, -0.25) is 9.59 Å². The largest absolute Gasteiger partial charge is 0.350 e. The Labute approximate surface area is 176 Å². The summed E-state index contributed by atoms with van der Waals surface area (Å²) in [6, 6.07) is 9.28. The lowest BCUT2D eigenvalue weighted by atomic mass is 10.2. The molecular formula is C21H26N4O4S. The number of benzene rings is 1. The molecule has 0 spiro atoms. The summed E-state index contributed by atoms with van der Waals surface area (Å²) in [4.78, 5) is 24.5. The van der Waals surface area contributed by atoms with Crippen molar-refractivity contribution < 1.29 is 13.2 Å². The normalized spacial score (nSPS) is 17.6. The van der Waals surface area contributed by atoms with Crippen molar-refractivity contribution in [3.63, 3.8) is 0 Å². The monoisotopic (exact) mass is 430 g/mol. The lowest BCUT2D eigenvalue weighted by molar-refractivity contribution is 0.0951. The van der Waals surface area contributed by atoms with Crippen molar-refractivity contribution in [3.8, 4) is 0 Å². The summed E-state index contributed by atoms with van der Waals surface area (Å²) >= 11 is 0. The number of hydrogen-bond donors (Lipinski definition) is 1. The Balaban J connectivity index is 1.35. The van der Waals surface area contributed by atoms with Gasteiger partial charge in [-0.15, -0.1) is 0 Å². The molecule has 2 heterocycles. The molecule has 2 aromatic rings. The highest BCUT2D eigenvalue weighted by Gasteiger charge is 2.26. The van der Waals surface area contributed by atoms with Gasteiger partial charge in [-0.25, -0.2) is 13.1 Å². The zero-order valence-corrected chi connectivity index (χ0v) is 17.6. The van der Waals surface area contributed by atoms with E-state index in [1.807, 2.05) is 0 Å². The van der Waals surface area contributed by atoms with E-state index in [1.54, 1.807) is 6.07 Å². The number of nitrogens with zero attached hydrogens (tertiary/aromatic N) is 3. The van der Waals surface area contributed by atoms with E-state index >= 15 is 0 Å². The maximum Gasteiger partial charge on any atom is 0.266 e. The molecule has 0 atom stereocenters. The van der Waals surface area contributed by atoms with Crippen molar-refractivity contribution in [2.45, 2.75) is 49.5 Å². The highest BCUT2D eigenvalue weighted by atomic mass is 32.2. The fourth-order valence-electron chi connectivity index (χ4n) is 3.63. The smallest absolute Gasteiger partial charge is 0.266 e. The Bertz CT molecular complexity index is 1070. The zero-order chi connectivity index (χ0) is 21.1. The number of amides is 1. The van der Waals surface area contributed by atoms with Crippen LogP contribution in [-0.4, -0.2) is 48.0 Å². The Morgan fingerprint density at radius 2 is 1.73 bits per heavy atom. The van der Waals surface area contributed by atoms with Gasteiger partial charge in [-0.1, -0.05) is 6.42 Å². The zero-order valence-electron chi connectivity index (χ0n) is 16.8. The van der Waals surface area contributed by atoms with E-state index in [1.165, 1.54) is 39.3 Å². The molecule has 0 unspecified atom stereocenters. The first-order chi connectivity index (χ1) is 14.4. The highest BCUT2D eigenvalue weighted by molar-refractivity contribution is 7.89. The van der Waals surface area contributed by atoms with E-state index in [4.69, 9.17) is 0 Å². The summed E-state index contributed by atoms with van der Waals surface area (Å²) < 4.78 is 28.3. The van der Waals surface area contributed by atoms with E-state index in [0.717, 1.165) is 37.8 Å². The molecule has 2 aliphatic rings. The summed E-state index contributed by atoms with van der Waals surface area (Å²) in [6.07, 6.45) is 5.01. The van der Waals surface area contributed by atoms with Gasteiger partial charge in [0.1, 0.15) is 0 Å². The van der Waals surface area contributed by atoms with Crippen LogP contribution in [0.5, 0.6) is 0 Å². The summed E-state index contributed by atoms with van der Waals surface area (Å²) in [5.74, 6) is 0.134. The van der Waals surface area contributed by atoms with Gasteiger partial charge in [0.25, 0.3) is 11.5 Å². The molecule has 30 heavy (non-hydrogen) atoms. The van der Waals surface area contributed by atoms with E-state index < -0.39 is 10.0 Å². The molecule has 1 N–H and O–H groups in total. The molecule has 4 rings (SSSR count). The maximum atomic E-state index is 12.7. The minimum Gasteiger partial charge on any atom is -0.350 e. The van der Waals surface area contributed by atoms with Crippen molar-refractivity contribution in [2.75, 3.05) is 19.6 Å². The molecule has 0 radical (unpaired) electrons. The summed E-state index contributed by atoms with van der Waals surface area (Å²) in [5, 5.41) is 7.13. The molecular weight excluding hydrogens is 404 g/mol. The molecule has 1 saturated heterocycles. The van der Waals surface area contributed by atoms with Gasteiger partial charge in [0, 0.05) is 37.2 Å². The van der Waals surface area contributed by atoms with Gasteiger partial charge in [-0.05, 0) is 56.0 Å². The van der Waals surface area contributed by atoms with E-state index in [2.05, 4.69) is 10.4 Å². The molecule has 2 fully saturated rings. The number of carbonyl (C=O) groups is 1. The first-order valence-corrected chi connectivity index (χ1v) is 11.9. The molecule has 1 aromatic carbocycles. The third-order valence-corrected chi connectivity index (χ3v) is 7.47. The van der Waals surface area contributed by atoms with Crippen LogP contribution in [-0.2, 0) is 16.6 Å². The lowest BCUT2D eigenvalue weighted by Crippen LogP contribution is -2.35. The first kappa shape index (κ1) is 20.7. The Hall–Kier alpha value is -2.52. The van der Waals surface area contributed by atoms with Gasteiger partial charge in [-0.2, -0.15) is 9.40 Å². The van der Waals surface area contributed by atoms with Gasteiger partial charge in [0.2, 0.25) is 10.0 Å². The SMILES string of the molecule is O=C(NCCn1nc(C2CC2)ccc1=O)c1ccc(S(=O)(=O)N2CCCCC2)cc1. The summed E-state index contributed by atoms with van der Waals surface area (Å²) in [6.45, 7) is 1.63. The average molecular weight is 431 g/mol. The fraction of sp³-hybridized carbons (Fsp3) is 0.476. The van der Waals surface area contributed by atoms with Crippen LogP contribution in [0.3, 0.4) is 0 Å². The van der Waals surface area contributed by atoms with E-state index in [9.17, 15) is 18.0 Å². The number of aromatic nitrogens is 2. The average Bonchev–Trinajstić information content (AvgIpc) is 3.61. The second-order valence-corrected chi connectivity index (χ2v) is 9.78. The van der Waals surface area contributed by atoms with Crippen LogP contribution in [0, 0.1) is 0 Å². The van der Waals surface area contributed by atoms with Crippen molar-refractivity contribution in [3.05, 3.63) is 58.0 Å². The second kappa shape index (κ2) is 8.69. The van der Waals surface area contributed by atoms with Crippen molar-refractivity contribution >= 4 is 15.9 Å². The first-order valence-electron chi connectivity index (χ1n) is 10.4. The Morgan fingerprint density at radius 1 is 1.03 bits per heavy atom. The van der Waals surface area contributed by atoms with Crippen LogP contribution in [0.25, 0.3) is 0 Å². The van der Waals surface area contributed by atoms with Crippen molar-refractivity contribution in [1.82, 2.24) is 19.4 Å². The van der Waals surface area contributed by atoms with Crippen LogP contribution in [0.4, 0.5) is 0 Å². The molecule has 8 nitrogen and oxygen atoms in total. The number of rotatable bonds is 7. The minimum atomic E-state index is -3.51. The van der Waals surface area contributed by atoms with Crippen molar-refractivity contribution in [1.29, 1.82) is 0 Å². The van der Waals surface area contributed by atoms with Crippen LogP contribution in [0.2, 0.25) is 0 Å². The quantitative estimate of drug-likeness (QED) is 0.721. The summed E-state index contributed by atoms with van der Waals surface area (Å²) in [7, 11) is -3.51. The third kappa shape index (κ3) is 4.62. The predicted octanol–water partition coefficient (Wildman–Crippen LogP) is 1.73. The number of piperidine rings is 1. The number of carbonyl (C=O) groups excluding carboxylic acids is 1. The topological polar surface area (TPSA) is 101 Å². The lowest BCUT2D eigenvalue weighted by Gasteiger charge is -2.25. The van der Waals surface area contributed by atoms with E-state index in [-0.39, 0.29) is 29.5 Å². The van der Waals surface area contributed by atoms with Crippen LogP contribution < -0.4 is 10.9 Å². The molecule has 1 aromatic heterocycles. The van der Waals surface area contributed by atoms with Gasteiger partial charge < -0.3 is 5.32 Å². The van der Waals surface area contributed by atoms with Gasteiger partial charge in [0.15, 0.2) is 0 Å². The third-order valence-electron chi connectivity index (χ3n) is 5.56. The summed E-state index contributed by atoms with van der Waals surface area (Å²) in [5.41, 5.74) is 1.10. The molecule has 1 aliphatic heterocycles. The molecule has 9 heteroatoms. The van der Waals surface area contributed by atoms with Crippen molar-refractivity contribution in [2.24, 2.45) is 0 Å². The van der Waals surface area contributed by atoms with Crippen LogP contribution in [0.15, 0.2) is 46.1 Å². The molecule has 1 saturated carbocycles. The Kier molecular flexibility index (Phi) is 6.01. The second-order valence-electron chi connectivity index (χ2n) is 7.84. The number of sulfonamides is 1. The molecule has 1 aliphatic carbocycles. The number of nitrogens with one attached hydrogen (secondary N) is 1. The number of hydrogen-bond acceptors (Lipinski definition) is 5. The van der Waals surface area contributed by atoms with E-state index in [0.29, 0.717) is 24.6 Å². The molecule has 0 bridgehead atoms. The minimum absolute atomic E-state index is 0.194. The standard InChI is InChI=1S/C21H26N4O4S/c26-20-11-10-19(16-4-5-16)23-25(20)15-12-22-21(27)17-6-8-18(9-7-17)30(28,29)24-13-2-1-3-14-24/h6-11,16H,1-5,12-15H2,(H,22,27). The van der Waals surface area contributed by atoms with Gasteiger partial charge >= 0.3 is 0 Å².